The Bertz CT molecular complexity index is 855. The largest absolute Gasteiger partial charge is 0.493 e. The molecule has 0 aliphatic heterocycles. The predicted octanol–water partition coefficient (Wildman–Crippen LogP) is 4.36. The number of nitrogens with one attached hydrogen (secondary N) is 1. The maximum Gasteiger partial charge on any atom is 0.220 e. The molecule has 0 unspecified atom stereocenters. The second-order valence-electron chi connectivity index (χ2n) is 4.74. The molecule has 3 rings (SSSR count). The summed E-state index contributed by atoms with van der Waals surface area (Å²) in [5.74, 6) is 0.0625. The minimum atomic E-state index is 0.0625. The summed E-state index contributed by atoms with van der Waals surface area (Å²) in [7, 11) is 1.78. The van der Waals surface area contributed by atoms with Crippen molar-refractivity contribution < 1.29 is 5.11 Å². The van der Waals surface area contributed by atoms with Gasteiger partial charge in [0.15, 0.2) is 5.69 Å². The first-order valence-electron chi connectivity index (χ1n) is 6.71. The minimum absolute atomic E-state index is 0.0625. The lowest BCUT2D eigenvalue weighted by Crippen LogP contribution is -2.04. The van der Waals surface area contributed by atoms with Gasteiger partial charge in [-0.15, -0.1) is 10.2 Å². The van der Waals surface area contributed by atoms with Gasteiger partial charge in [0.2, 0.25) is 11.0 Å². The number of nitrogens with zero attached hydrogens (tertiary/aromatic N) is 3. The number of benzene rings is 2. The molecular weight excluding hydrogens is 296 g/mol. The van der Waals surface area contributed by atoms with Crippen molar-refractivity contribution in [3.63, 3.8) is 0 Å². The van der Waals surface area contributed by atoms with Crippen LogP contribution in [0, 0.1) is 0 Å². The summed E-state index contributed by atoms with van der Waals surface area (Å²) in [6.07, 6.45) is 0. The van der Waals surface area contributed by atoms with Crippen LogP contribution < -0.4 is 5.32 Å². The Labute approximate surface area is 132 Å². The number of anilines is 1. The van der Waals surface area contributed by atoms with Gasteiger partial charge in [0.1, 0.15) is 0 Å². The molecule has 0 saturated heterocycles. The van der Waals surface area contributed by atoms with Crippen LogP contribution in [0.1, 0.15) is 0 Å². The number of hydrogen-bond donors (Lipinski definition) is 2. The minimum Gasteiger partial charge on any atom is -0.493 e. The topological polar surface area (TPSA) is 61.9 Å². The maximum atomic E-state index is 10.2. The fraction of sp³-hybridized carbons (Fsp3) is 0.0625. The van der Waals surface area contributed by atoms with E-state index < -0.39 is 0 Å². The Morgan fingerprint density at radius 3 is 2.55 bits per heavy atom. The first kappa shape index (κ1) is 14.2. The first-order chi connectivity index (χ1) is 10.7. The van der Waals surface area contributed by atoms with E-state index in [0.29, 0.717) is 5.69 Å². The SMILES string of the molecule is Cn1c(O)c(N=NC(=S)Nc2ccccc2)c2ccccc21. The highest BCUT2D eigenvalue weighted by Gasteiger charge is 2.13. The molecule has 0 spiro atoms. The van der Waals surface area contributed by atoms with Crippen LogP contribution in [-0.4, -0.2) is 14.8 Å². The van der Waals surface area contributed by atoms with Gasteiger partial charge in [-0.2, -0.15) is 0 Å². The third kappa shape index (κ3) is 2.68. The number of aromatic hydroxyl groups is 1. The van der Waals surface area contributed by atoms with Crippen molar-refractivity contribution in [2.75, 3.05) is 5.32 Å². The summed E-state index contributed by atoms with van der Waals surface area (Å²) in [5, 5.41) is 22.3. The van der Waals surface area contributed by atoms with Crippen LogP contribution in [0.2, 0.25) is 0 Å². The van der Waals surface area contributed by atoms with Gasteiger partial charge in [0, 0.05) is 18.1 Å². The van der Waals surface area contributed by atoms with Crippen molar-refractivity contribution >= 4 is 39.6 Å². The lowest BCUT2D eigenvalue weighted by Gasteiger charge is -2.01. The van der Waals surface area contributed by atoms with Gasteiger partial charge in [-0.1, -0.05) is 36.4 Å². The first-order valence-corrected chi connectivity index (χ1v) is 7.12. The fourth-order valence-corrected chi connectivity index (χ4v) is 2.38. The number of thiocarbonyl (C=S) groups is 1. The summed E-state index contributed by atoms with van der Waals surface area (Å²) >= 11 is 5.15. The zero-order valence-corrected chi connectivity index (χ0v) is 12.7. The van der Waals surface area contributed by atoms with Crippen LogP contribution >= 0.6 is 12.2 Å². The van der Waals surface area contributed by atoms with E-state index in [2.05, 4.69) is 15.5 Å². The molecule has 1 aromatic heterocycles. The zero-order valence-electron chi connectivity index (χ0n) is 11.9. The molecule has 2 aromatic carbocycles. The van der Waals surface area contributed by atoms with E-state index in [1.807, 2.05) is 54.6 Å². The predicted molar refractivity (Wildman–Crippen MR) is 91.8 cm³/mol. The smallest absolute Gasteiger partial charge is 0.220 e. The highest BCUT2D eigenvalue weighted by Crippen LogP contribution is 2.37. The molecule has 0 fully saturated rings. The Morgan fingerprint density at radius 1 is 1.09 bits per heavy atom. The van der Waals surface area contributed by atoms with Crippen LogP contribution in [0.3, 0.4) is 0 Å². The van der Waals surface area contributed by atoms with Gasteiger partial charge >= 0.3 is 0 Å². The van der Waals surface area contributed by atoms with E-state index in [1.54, 1.807) is 11.6 Å². The summed E-state index contributed by atoms with van der Waals surface area (Å²) in [4.78, 5) is 0. The average molecular weight is 310 g/mol. The maximum absolute atomic E-state index is 10.2. The Balaban J connectivity index is 1.87. The summed E-state index contributed by atoms with van der Waals surface area (Å²) < 4.78 is 1.66. The van der Waals surface area contributed by atoms with Gasteiger partial charge in [-0.25, -0.2) is 0 Å². The number of aromatic nitrogens is 1. The molecule has 3 aromatic rings. The Morgan fingerprint density at radius 2 is 1.77 bits per heavy atom. The molecule has 1 heterocycles. The van der Waals surface area contributed by atoms with Gasteiger partial charge < -0.3 is 15.0 Å². The normalized spacial score (nSPS) is 11.1. The van der Waals surface area contributed by atoms with Crippen LogP contribution in [-0.2, 0) is 7.05 Å². The molecule has 22 heavy (non-hydrogen) atoms. The van der Waals surface area contributed by atoms with E-state index in [0.717, 1.165) is 16.6 Å². The second kappa shape index (κ2) is 5.95. The molecule has 0 amide bonds. The molecule has 0 aliphatic carbocycles. The molecule has 2 N–H and O–H groups in total. The standard InChI is InChI=1S/C16H14N4OS/c1-20-13-10-6-5-9-12(13)14(15(20)21)18-19-16(22)17-11-7-3-2-4-8-11/h2-10,21H,1H3,(H,17,22). The summed E-state index contributed by atoms with van der Waals surface area (Å²) in [6.45, 7) is 0. The van der Waals surface area contributed by atoms with E-state index in [-0.39, 0.29) is 11.0 Å². The van der Waals surface area contributed by atoms with Crippen molar-refractivity contribution in [1.82, 2.24) is 4.57 Å². The Kier molecular flexibility index (Phi) is 3.84. The molecule has 0 atom stereocenters. The van der Waals surface area contributed by atoms with Gasteiger partial charge in [-0.3, -0.25) is 0 Å². The molecule has 0 saturated carbocycles. The molecule has 5 nitrogen and oxygen atoms in total. The number of azo groups is 1. The van der Waals surface area contributed by atoms with Crippen molar-refractivity contribution in [2.24, 2.45) is 17.3 Å². The summed E-state index contributed by atoms with van der Waals surface area (Å²) in [6, 6.07) is 17.1. The van der Waals surface area contributed by atoms with E-state index in [4.69, 9.17) is 12.2 Å². The molecular formula is C16H14N4OS. The molecule has 0 aliphatic rings. The van der Waals surface area contributed by atoms with Crippen molar-refractivity contribution in [3.05, 3.63) is 54.6 Å². The van der Waals surface area contributed by atoms with Crippen molar-refractivity contribution in [1.29, 1.82) is 0 Å². The van der Waals surface area contributed by atoms with Crippen molar-refractivity contribution in [3.8, 4) is 5.88 Å². The van der Waals surface area contributed by atoms with E-state index in [9.17, 15) is 5.11 Å². The van der Waals surface area contributed by atoms with Gasteiger partial charge in [0.05, 0.1) is 5.52 Å². The lowest BCUT2D eigenvalue weighted by atomic mass is 10.2. The monoisotopic (exact) mass is 310 g/mol. The number of aryl methyl sites for hydroxylation is 1. The van der Waals surface area contributed by atoms with Crippen LogP contribution in [0.4, 0.5) is 11.4 Å². The van der Waals surface area contributed by atoms with E-state index in [1.165, 1.54) is 0 Å². The van der Waals surface area contributed by atoms with Gasteiger partial charge in [0.25, 0.3) is 0 Å². The van der Waals surface area contributed by atoms with Crippen LogP contribution in [0.5, 0.6) is 5.88 Å². The highest BCUT2D eigenvalue weighted by molar-refractivity contribution is 7.80. The third-order valence-corrected chi connectivity index (χ3v) is 3.50. The summed E-state index contributed by atoms with van der Waals surface area (Å²) in [5.41, 5.74) is 2.14. The number of hydrogen-bond acceptors (Lipinski definition) is 3. The molecule has 6 heteroatoms. The Hall–Kier alpha value is -2.73. The molecule has 110 valence electrons. The molecule has 0 radical (unpaired) electrons. The van der Waals surface area contributed by atoms with Crippen LogP contribution in [0.25, 0.3) is 10.9 Å². The quantitative estimate of drug-likeness (QED) is 0.546. The highest BCUT2D eigenvalue weighted by atomic mass is 32.1. The lowest BCUT2D eigenvalue weighted by molar-refractivity contribution is 0.436. The zero-order chi connectivity index (χ0) is 15.5. The van der Waals surface area contributed by atoms with Crippen LogP contribution in [0.15, 0.2) is 64.8 Å². The third-order valence-electron chi connectivity index (χ3n) is 3.32. The number of fused-ring (bicyclic) bond motifs is 1. The fourth-order valence-electron chi connectivity index (χ4n) is 2.22. The second-order valence-corrected chi connectivity index (χ2v) is 5.13. The van der Waals surface area contributed by atoms with Gasteiger partial charge in [-0.05, 0) is 30.4 Å². The van der Waals surface area contributed by atoms with Crippen molar-refractivity contribution in [2.45, 2.75) is 0 Å². The molecule has 0 bridgehead atoms. The number of para-hydroxylation sites is 2. The number of rotatable bonds is 2. The average Bonchev–Trinajstić information content (AvgIpc) is 2.78. The van der Waals surface area contributed by atoms with E-state index >= 15 is 0 Å².